The van der Waals surface area contributed by atoms with Crippen molar-refractivity contribution in [3.8, 4) is 0 Å². The van der Waals surface area contributed by atoms with Gasteiger partial charge in [0.1, 0.15) is 4.90 Å². The Balaban J connectivity index is 2.89. The highest BCUT2D eigenvalue weighted by molar-refractivity contribution is 7.90. The van der Waals surface area contributed by atoms with Crippen molar-refractivity contribution in [1.29, 1.82) is 0 Å². The van der Waals surface area contributed by atoms with E-state index in [0.29, 0.717) is 0 Å². The number of halogens is 1. The van der Waals surface area contributed by atoms with Crippen molar-refractivity contribution in [2.24, 2.45) is 0 Å². The van der Waals surface area contributed by atoms with Gasteiger partial charge in [-0.2, -0.15) is 0 Å². The summed E-state index contributed by atoms with van der Waals surface area (Å²) in [6, 6.07) is 4.30. The van der Waals surface area contributed by atoms with E-state index in [1.807, 2.05) is 0 Å². The number of sulfonamides is 2. The first-order valence-electron chi connectivity index (χ1n) is 5.14. The molecule has 0 saturated heterocycles. The first-order chi connectivity index (χ1) is 8.69. The fraction of sp³-hybridized carbons (Fsp3) is 0.333. The molecule has 0 aliphatic heterocycles. The van der Waals surface area contributed by atoms with E-state index in [4.69, 9.17) is 17.3 Å². The Morgan fingerprint density at radius 3 is 2.42 bits per heavy atom. The summed E-state index contributed by atoms with van der Waals surface area (Å²) in [5.41, 5.74) is 5.55. The Labute approximate surface area is 117 Å². The molecule has 0 fully saturated rings. The minimum Gasteiger partial charge on any atom is -0.398 e. The molecular weight excluding hydrogens is 314 g/mol. The van der Waals surface area contributed by atoms with Crippen LogP contribution in [0.25, 0.3) is 0 Å². The zero-order chi connectivity index (χ0) is 14.7. The quantitative estimate of drug-likeness (QED) is 0.623. The SMILES string of the molecule is CNS(=O)(=O)CCNS(=O)(=O)c1c(N)cccc1Cl. The molecule has 0 spiro atoms. The first kappa shape index (κ1) is 16.2. The van der Waals surface area contributed by atoms with Gasteiger partial charge in [0.05, 0.1) is 16.5 Å². The van der Waals surface area contributed by atoms with Gasteiger partial charge >= 0.3 is 0 Å². The van der Waals surface area contributed by atoms with Crippen LogP contribution in [0.15, 0.2) is 23.1 Å². The van der Waals surface area contributed by atoms with Gasteiger partial charge in [0.25, 0.3) is 0 Å². The van der Waals surface area contributed by atoms with Gasteiger partial charge in [-0.15, -0.1) is 0 Å². The van der Waals surface area contributed by atoms with Crippen LogP contribution in [-0.4, -0.2) is 36.2 Å². The van der Waals surface area contributed by atoms with Gasteiger partial charge < -0.3 is 5.73 Å². The second kappa shape index (κ2) is 6.06. The molecule has 0 amide bonds. The molecule has 0 aliphatic rings. The molecule has 1 rings (SSSR count). The van der Waals surface area contributed by atoms with Crippen LogP contribution in [-0.2, 0) is 20.0 Å². The average Bonchev–Trinajstić information content (AvgIpc) is 2.27. The normalized spacial score (nSPS) is 12.5. The Morgan fingerprint density at radius 2 is 1.89 bits per heavy atom. The third-order valence-corrected chi connectivity index (χ3v) is 5.61. The number of rotatable bonds is 6. The smallest absolute Gasteiger partial charge is 0.244 e. The maximum Gasteiger partial charge on any atom is 0.244 e. The van der Waals surface area contributed by atoms with Crippen molar-refractivity contribution in [3.05, 3.63) is 23.2 Å². The van der Waals surface area contributed by atoms with E-state index < -0.39 is 20.0 Å². The van der Waals surface area contributed by atoms with Crippen molar-refractivity contribution in [2.75, 3.05) is 25.1 Å². The number of anilines is 1. The lowest BCUT2D eigenvalue weighted by Gasteiger charge is -2.10. The third-order valence-electron chi connectivity index (χ3n) is 2.24. The molecule has 19 heavy (non-hydrogen) atoms. The predicted molar refractivity (Wildman–Crippen MR) is 73.9 cm³/mol. The standard InChI is InChI=1S/C9H14ClN3O4S2/c1-12-18(14,15)6-5-13-19(16,17)9-7(10)3-2-4-8(9)11/h2-4,12-13H,5-6,11H2,1H3. The topological polar surface area (TPSA) is 118 Å². The largest absolute Gasteiger partial charge is 0.398 e. The molecule has 0 atom stereocenters. The van der Waals surface area contributed by atoms with E-state index >= 15 is 0 Å². The third kappa shape index (κ3) is 4.32. The molecule has 7 nitrogen and oxygen atoms in total. The van der Waals surface area contributed by atoms with Crippen molar-refractivity contribution in [1.82, 2.24) is 9.44 Å². The Hall–Kier alpha value is -0.870. The van der Waals surface area contributed by atoms with E-state index in [0.717, 1.165) is 0 Å². The molecule has 108 valence electrons. The fourth-order valence-corrected chi connectivity index (χ4v) is 3.70. The molecule has 1 aromatic carbocycles. The molecule has 0 radical (unpaired) electrons. The Bertz CT molecular complexity index is 638. The van der Waals surface area contributed by atoms with Gasteiger partial charge in [-0.1, -0.05) is 17.7 Å². The van der Waals surface area contributed by atoms with Gasteiger partial charge in [-0.3, -0.25) is 0 Å². The first-order valence-corrected chi connectivity index (χ1v) is 8.66. The fourth-order valence-electron chi connectivity index (χ4n) is 1.29. The summed E-state index contributed by atoms with van der Waals surface area (Å²) in [5, 5.41) is -0.0241. The van der Waals surface area contributed by atoms with Crippen LogP contribution in [0, 0.1) is 0 Å². The highest BCUT2D eigenvalue weighted by Crippen LogP contribution is 2.26. The highest BCUT2D eigenvalue weighted by Gasteiger charge is 2.21. The van der Waals surface area contributed by atoms with Crippen LogP contribution in [0.5, 0.6) is 0 Å². The van der Waals surface area contributed by atoms with E-state index in [2.05, 4.69) is 9.44 Å². The van der Waals surface area contributed by atoms with Gasteiger partial charge in [0.15, 0.2) is 0 Å². The molecular formula is C9H14ClN3O4S2. The number of nitrogen functional groups attached to an aromatic ring is 1. The predicted octanol–water partition coefficient (Wildman–Crippen LogP) is -0.250. The van der Waals surface area contributed by atoms with E-state index in [1.165, 1.54) is 25.2 Å². The van der Waals surface area contributed by atoms with Crippen molar-refractivity contribution >= 4 is 37.3 Å². The van der Waals surface area contributed by atoms with Crippen LogP contribution in [0.2, 0.25) is 5.02 Å². The molecule has 4 N–H and O–H groups in total. The number of benzene rings is 1. The molecule has 0 heterocycles. The minimum atomic E-state index is -3.95. The summed E-state index contributed by atoms with van der Waals surface area (Å²) in [7, 11) is -6.19. The lowest BCUT2D eigenvalue weighted by atomic mass is 10.3. The molecule has 10 heteroatoms. The van der Waals surface area contributed by atoms with Gasteiger partial charge in [-0.25, -0.2) is 26.3 Å². The van der Waals surface area contributed by atoms with Gasteiger partial charge in [0.2, 0.25) is 20.0 Å². The summed E-state index contributed by atoms with van der Waals surface area (Å²) >= 11 is 5.78. The number of nitrogens with one attached hydrogen (secondary N) is 2. The van der Waals surface area contributed by atoms with Gasteiger partial charge in [-0.05, 0) is 19.2 Å². The van der Waals surface area contributed by atoms with Crippen molar-refractivity contribution in [3.63, 3.8) is 0 Å². The van der Waals surface area contributed by atoms with Crippen LogP contribution in [0.4, 0.5) is 5.69 Å². The molecule has 0 unspecified atom stereocenters. The number of nitrogens with two attached hydrogens (primary N) is 1. The van der Waals surface area contributed by atoms with Crippen LogP contribution in [0.3, 0.4) is 0 Å². The summed E-state index contributed by atoms with van der Waals surface area (Å²) in [4.78, 5) is -0.251. The molecule has 0 bridgehead atoms. The maximum absolute atomic E-state index is 12.0. The Morgan fingerprint density at radius 1 is 1.26 bits per heavy atom. The number of hydrogen-bond donors (Lipinski definition) is 3. The highest BCUT2D eigenvalue weighted by atomic mass is 35.5. The van der Waals surface area contributed by atoms with E-state index in [1.54, 1.807) is 0 Å². The van der Waals surface area contributed by atoms with Crippen molar-refractivity contribution < 1.29 is 16.8 Å². The summed E-state index contributed by atoms with van der Waals surface area (Å²) in [5.74, 6) is -0.382. The molecule has 0 aromatic heterocycles. The molecule has 1 aromatic rings. The lowest BCUT2D eigenvalue weighted by molar-refractivity contribution is 0.579. The van der Waals surface area contributed by atoms with Crippen molar-refractivity contribution in [2.45, 2.75) is 4.90 Å². The van der Waals surface area contributed by atoms with Crippen LogP contribution >= 0.6 is 11.6 Å². The summed E-state index contributed by atoms with van der Waals surface area (Å²) in [6.45, 7) is -0.282. The summed E-state index contributed by atoms with van der Waals surface area (Å²) in [6.07, 6.45) is 0. The lowest BCUT2D eigenvalue weighted by Crippen LogP contribution is -2.33. The average molecular weight is 328 g/mol. The minimum absolute atomic E-state index is 0.00327. The van der Waals surface area contributed by atoms with Crippen LogP contribution in [0.1, 0.15) is 0 Å². The zero-order valence-corrected chi connectivity index (χ0v) is 12.4. The number of hydrogen-bond acceptors (Lipinski definition) is 5. The second-order valence-corrected chi connectivity index (χ2v) is 7.74. The molecule has 0 saturated carbocycles. The maximum atomic E-state index is 12.0. The summed E-state index contributed by atoms with van der Waals surface area (Å²) < 4.78 is 50.4. The Kier molecular flexibility index (Phi) is 5.16. The van der Waals surface area contributed by atoms with Crippen LogP contribution < -0.4 is 15.2 Å². The molecule has 0 aliphatic carbocycles. The van der Waals surface area contributed by atoms with E-state index in [-0.39, 0.29) is 27.9 Å². The monoisotopic (exact) mass is 327 g/mol. The zero-order valence-electron chi connectivity index (χ0n) is 10.1. The van der Waals surface area contributed by atoms with Gasteiger partial charge in [0, 0.05) is 6.54 Å². The van der Waals surface area contributed by atoms with E-state index in [9.17, 15) is 16.8 Å². The second-order valence-electron chi connectivity index (χ2n) is 3.58.